The molecule has 1 saturated heterocycles. The Morgan fingerprint density at radius 1 is 1.06 bits per heavy atom. The summed E-state index contributed by atoms with van der Waals surface area (Å²) in [5.41, 5.74) is 4.50. The van der Waals surface area contributed by atoms with E-state index < -0.39 is 0 Å². The standard InChI is InChI=1S/C12H25N.C2H6.CH5N/c1-3-5-8-12(4-2)11-13-9-6-7-10-13;2*1-2/h12H,3-11H2,1-2H3;1-2H3;2H2,1H3. The topological polar surface area (TPSA) is 29.3 Å². The fourth-order valence-electron chi connectivity index (χ4n) is 2.25. The first-order valence-corrected chi connectivity index (χ1v) is 7.66. The summed E-state index contributed by atoms with van der Waals surface area (Å²) in [7, 11) is 1.50. The first-order valence-electron chi connectivity index (χ1n) is 7.66. The zero-order valence-corrected chi connectivity index (χ0v) is 13.0. The molecule has 0 bridgehead atoms. The third kappa shape index (κ3) is 10.8. The van der Waals surface area contributed by atoms with Gasteiger partial charge in [0.2, 0.25) is 0 Å². The molecule has 0 aromatic rings. The Balaban J connectivity index is 0. The summed E-state index contributed by atoms with van der Waals surface area (Å²) in [6.07, 6.45) is 8.47. The predicted molar refractivity (Wildman–Crippen MR) is 80.4 cm³/mol. The molecule has 106 valence electrons. The smallest absolute Gasteiger partial charge is 0.000955 e. The van der Waals surface area contributed by atoms with Gasteiger partial charge in [-0.15, -0.1) is 0 Å². The lowest BCUT2D eigenvalue weighted by molar-refractivity contribution is 0.260. The number of rotatable bonds is 6. The molecule has 0 saturated carbocycles. The Kier molecular flexibility index (Phi) is 18.0. The second-order valence-corrected chi connectivity index (χ2v) is 4.42. The van der Waals surface area contributed by atoms with E-state index >= 15 is 0 Å². The first kappa shape index (κ1) is 19.3. The fourth-order valence-corrected chi connectivity index (χ4v) is 2.25. The van der Waals surface area contributed by atoms with Gasteiger partial charge < -0.3 is 10.6 Å². The Morgan fingerprint density at radius 3 is 2.00 bits per heavy atom. The van der Waals surface area contributed by atoms with E-state index in [9.17, 15) is 0 Å². The third-order valence-electron chi connectivity index (χ3n) is 3.26. The minimum atomic E-state index is 0.970. The quantitative estimate of drug-likeness (QED) is 0.768. The lowest BCUT2D eigenvalue weighted by atomic mass is 9.99. The second kappa shape index (κ2) is 15.9. The zero-order chi connectivity index (χ0) is 13.5. The summed E-state index contributed by atoms with van der Waals surface area (Å²) in [5, 5.41) is 0. The maximum absolute atomic E-state index is 4.50. The van der Waals surface area contributed by atoms with Gasteiger partial charge in [0, 0.05) is 6.54 Å². The Hall–Kier alpha value is -0.0800. The summed E-state index contributed by atoms with van der Waals surface area (Å²) >= 11 is 0. The van der Waals surface area contributed by atoms with Gasteiger partial charge in [0.25, 0.3) is 0 Å². The van der Waals surface area contributed by atoms with Crippen LogP contribution in [0.1, 0.15) is 66.2 Å². The van der Waals surface area contributed by atoms with E-state index in [1.54, 1.807) is 0 Å². The average molecular weight is 244 g/mol. The molecule has 1 aliphatic rings. The maximum atomic E-state index is 4.50. The van der Waals surface area contributed by atoms with Crippen molar-refractivity contribution in [3.05, 3.63) is 0 Å². The van der Waals surface area contributed by atoms with E-state index in [2.05, 4.69) is 24.5 Å². The highest BCUT2D eigenvalue weighted by Gasteiger charge is 2.15. The van der Waals surface area contributed by atoms with Crippen LogP contribution in [0.4, 0.5) is 0 Å². The van der Waals surface area contributed by atoms with Crippen molar-refractivity contribution in [3.63, 3.8) is 0 Å². The van der Waals surface area contributed by atoms with Crippen LogP contribution in [0.2, 0.25) is 0 Å². The van der Waals surface area contributed by atoms with Gasteiger partial charge in [-0.1, -0.05) is 47.0 Å². The van der Waals surface area contributed by atoms with Crippen LogP contribution >= 0.6 is 0 Å². The van der Waals surface area contributed by atoms with Gasteiger partial charge in [-0.25, -0.2) is 0 Å². The third-order valence-corrected chi connectivity index (χ3v) is 3.26. The molecule has 1 aliphatic heterocycles. The van der Waals surface area contributed by atoms with Gasteiger partial charge in [0.05, 0.1) is 0 Å². The molecule has 0 aromatic carbocycles. The molecule has 2 heteroatoms. The molecule has 1 atom stereocenters. The number of unbranched alkanes of at least 4 members (excludes halogenated alkanes) is 1. The van der Waals surface area contributed by atoms with E-state index in [1.807, 2.05) is 13.8 Å². The van der Waals surface area contributed by atoms with Crippen molar-refractivity contribution in [3.8, 4) is 0 Å². The highest BCUT2D eigenvalue weighted by Crippen LogP contribution is 2.17. The molecule has 0 spiro atoms. The Labute approximate surface area is 110 Å². The van der Waals surface area contributed by atoms with Gasteiger partial charge in [0.15, 0.2) is 0 Å². The summed E-state index contributed by atoms with van der Waals surface area (Å²) in [4.78, 5) is 2.66. The summed E-state index contributed by atoms with van der Waals surface area (Å²) < 4.78 is 0. The van der Waals surface area contributed by atoms with E-state index in [0.29, 0.717) is 0 Å². The van der Waals surface area contributed by atoms with Crippen LogP contribution in [0.5, 0.6) is 0 Å². The van der Waals surface area contributed by atoms with Gasteiger partial charge >= 0.3 is 0 Å². The SMILES string of the molecule is CC.CCCCC(CC)CN1CCCC1.CN. The molecule has 1 heterocycles. The number of nitrogens with zero attached hydrogens (tertiary/aromatic N) is 1. The van der Waals surface area contributed by atoms with E-state index in [0.717, 1.165) is 5.92 Å². The summed E-state index contributed by atoms with van der Waals surface area (Å²) in [6, 6.07) is 0. The molecule has 1 rings (SSSR count). The summed E-state index contributed by atoms with van der Waals surface area (Å²) in [5.74, 6) is 0.970. The van der Waals surface area contributed by atoms with E-state index in [-0.39, 0.29) is 0 Å². The largest absolute Gasteiger partial charge is 0.333 e. The lowest BCUT2D eigenvalue weighted by Crippen LogP contribution is -2.26. The minimum Gasteiger partial charge on any atom is -0.333 e. The fraction of sp³-hybridized carbons (Fsp3) is 1.00. The number of nitrogens with two attached hydrogens (primary N) is 1. The van der Waals surface area contributed by atoms with E-state index in [1.165, 1.54) is 65.2 Å². The monoisotopic (exact) mass is 244 g/mol. The lowest BCUT2D eigenvalue weighted by Gasteiger charge is -2.22. The first-order chi connectivity index (χ1) is 8.36. The molecule has 0 aromatic heterocycles. The maximum Gasteiger partial charge on any atom is 0.000955 e. The van der Waals surface area contributed by atoms with Crippen LogP contribution in [0, 0.1) is 5.92 Å². The molecule has 0 amide bonds. The van der Waals surface area contributed by atoms with Crippen molar-refractivity contribution < 1.29 is 0 Å². The van der Waals surface area contributed by atoms with Crippen molar-refractivity contribution >= 4 is 0 Å². The highest BCUT2D eigenvalue weighted by atomic mass is 15.1. The molecule has 17 heavy (non-hydrogen) atoms. The number of hydrogen-bond acceptors (Lipinski definition) is 2. The van der Waals surface area contributed by atoms with Crippen LogP contribution in [-0.2, 0) is 0 Å². The van der Waals surface area contributed by atoms with Gasteiger partial charge in [0.1, 0.15) is 0 Å². The normalized spacial score (nSPS) is 16.6. The van der Waals surface area contributed by atoms with Gasteiger partial charge in [-0.3, -0.25) is 0 Å². The average Bonchev–Trinajstić information content (AvgIpc) is 2.92. The molecule has 2 nitrogen and oxygen atoms in total. The highest BCUT2D eigenvalue weighted by molar-refractivity contribution is 4.70. The van der Waals surface area contributed by atoms with Crippen LogP contribution in [0.3, 0.4) is 0 Å². The van der Waals surface area contributed by atoms with Crippen LogP contribution in [0.25, 0.3) is 0 Å². The van der Waals surface area contributed by atoms with Crippen molar-refractivity contribution in [1.82, 2.24) is 4.90 Å². The van der Waals surface area contributed by atoms with Crippen LogP contribution in [0.15, 0.2) is 0 Å². The molecule has 2 N–H and O–H groups in total. The summed E-state index contributed by atoms with van der Waals surface area (Å²) in [6.45, 7) is 12.7. The molecule has 1 unspecified atom stereocenters. The molecular formula is C15H36N2. The van der Waals surface area contributed by atoms with Crippen molar-refractivity contribution in [2.75, 3.05) is 26.7 Å². The molecule has 1 fully saturated rings. The van der Waals surface area contributed by atoms with E-state index in [4.69, 9.17) is 0 Å². The number of likely N-dealkylation sites (tertiary alicyclic amines) is 1. The second-order valence-electron chi connectivity index (χ2n) is 4.42. The Morgan fingerprint density at radius 2 is 1.59 bits per heavy atom. The van der Waals surface area contributed by atoms with Gasteiger partial charge in [-0.2, -0.15) is 0 Å². The predicted octanol–water partition coefficient (Wildman–Crippen LogP) is 3.90. The zero-order valence-electron chi connectivity index (χ0n) is 13.0. The minimum absolute atomic E-state index is 0.970. The molecular weight excluding hydrogens is 208 g/mol. The van der Waals surface area contributed by atoms with Gasteiger partial charge in [-0.05, 0) is 45.3 Å². The van der Waals surface area contributed by atoms with Crippen LogP contribution < -0.4 is 5.73 Å². The van der Waals surface area contributed by atoms with Crippen molar-refractivity contribution in [2.45, 2.75) is 66.2 Å². The molecule has 0 aliphatic carbocycles. The van der Waals surface area contributed by atoms with Crippen molar-refractivity contribution in [2.24, 2.45) is 11.7 Å². The Bertz CT molecular complexity index is 120. The van der Waals surface area contributed by atoms with Crippen LogP contribution in [-0.4, -0.2) is 31.6 Å². The van der Waals surface area contributed by atoms with Crippen molar-refractivity contribution in [1.29, 1.82) is 0 Å². The molecule has 0 radical (unpaired) electrons. The number of hydrogen-bond donors (Lipinski definition) is 1.